The average Bonchev–Trinajstić information content (AvgIpc) is 2.90. The predicted octanol–water partition coefficient (Wildman–Crippen LogP) is 7.91. The second-order valence-corrected chi connectivity index (χ2v) is 10.4. The van der Waals surface area contributed by atoms with Gasteiger partial charge in [0.15, 0.2) is 5.78 Å². The highest BCUT2D eigenvalue weighted by Crippen LogP contribution is 2.37. The van der Waals surface area contributed by atoms with Crippen LogP contribution in [0, 0.1) is 0 Å². The van der Waals surface area contributed by atoms with Crippen molar-refractivity contribution in [3.05, 3.63) is 65.7 Å². The molecule has 2 aromatic carbocycles. The molecule has 4 heteroatoms. The fraction of sp³-hybridized carbons (Fsp3) is 0.594. The van der Waals surface area contributed by atoms with Gasteiger partial charge in [-0.25, -0.2) is 0 Å². The Balaban J connectivity index is 1.87. The van der Waals surface area contributed by atoms with Gasteiger partial charge in [0.1, 0.15) is 18.0 Å². The molecule has 0 spiro atoms. The zero-order valence-electron chi connectivity index (χ0n) is 23.5. The van der Waals surface area contributed by atoms with Crippen LogP contribution in [0.5, 0.6) is 5.75 Å². The third-order valence-corrected chi connectivity index (χ3v) is 7.22. The minimum Gasteiger partial charge on any atom is -0.491 e. The van der Waals surface area contributed by atoms with Gasteiger partial charge in [-0.05, 0) is 69.7 Å². The zero-order valence-corrected chi connectivity index (χ0v) is 23.5. The van der Waals surface area contributed by atoms with Crippen molar-refractivity contribution in [1.29, 1.82) is 0 Å². The zero-order chi connectivity index (χ0) is 26.4. The second-order valence-electron chi connectivity index (χ2n) is 10.4. The number of benzene rings is 2. The number of hydrogen-bond acceptors (Lipinski definition) is 4. The van der Waals surface area contributed by atoms with E-state index in [1.807, 2.05) is 39.8 Å². The molecule has 0 radical (unpaired) electrons. The van der Waals surface area contributed by atoms with Gasteiger partial charge >= 0.3 is 0 Å². The fourth-order valence-electron chi connectivity index (χ4n) is 4.49. The summed E-state index contributed by atoms with van der Waals surface area (Å²) in [5, 5.41) is 0. The highest BCUT2D eigenvalue weighted by molar-refractivity contribution is 5.86. The van der Waals surface area contributed by atoms with Crippen molar-refractivity contribution in [2.45, 2.75) is 104 Å². The van der Waals surface area contributed by atoms with E-state index in [2.05, 4.69) is 56.3 Å². The van der Waals surface area contributed by atoms with E-state index >= 15 is 0 Å². The fourth-order valence-corrected chi connectivity index (χ4v) is 4.49. The van der Waals surface area contributed by atoms with E-state index in [9.17, 15) is 4.79 Å². The van der Waals surface area contributed by atoms with E-state index < -0.39 is 5.60 Å². The largest absolute Gasteiger partial charge is 0.491 e. The van der Waals surface area contributed by atoms with E-state index in [-0.39, 0.29) is 17.3 Å². The van der Waals surface area contributed by atoms with Gasteiger partial charge in [0.2, 0.25) is 0 Å². The van der Waals surface area contributed by atoms with Crippen molar-refractivity contribution >= 4 is 5.78 Å². The van der Waals surface area contributed by atoms with Gasteiger partial charge in [0.25, 0.3) is 0 Å². The maximum atomic E-state index is 12.8. The Bertz CT molecular complexity index is 877. The summed E-state index contributed by atoms with van der Waals surface area (Å²) >= 11 is 0. The van der Waals surface area contributed by atoms with E-state index in [0.29, 0.717) is 32.7 Å². The molecule has 200 valence electrons. The first-order valence-electron chi connectivity index (χ1n) is 13.8. The minimum absolute atomic E-state index is 0.0247. The summed E-state index contributed by atoms with van der Waals surface area (Å²) in [4.78, 5) is 12.8. The van der Waals surface area contributed by atoms with Gasteiger partial charge in [-0.15, -0.1) is 0 Å². The Labute approximate surface area is 219 Å². The first-order chi connectivity index (χ1) is 17.2. The average molecular weight is 497 g/mol. The number of carbonyl (C=O) groups is 1. The standard InChI is InChI=1S/C32H48O4/c1-7-9-22-31(5,27-15-11-10-12-16-27)28-18-20-29(21-19-28)35-24-25-36-32(6,8-2)30(33)17-13-14-23-34-26(3)4/h10-12,15-16,18-21,26H,7-9,13-14,17,22-25H2,1-6H3. The van der Waals surface area contributed by atoms with Crippen LogP contribution in [0.2, 0.25) is 0 Å². The number of Topliss-reactive ketones (excluding diaryl/α,β-unsaturated/α-hetero) is 1. The van der Waals surface area contributed by atoms with Crippen LogP contribution in [-0.2, 0) is 19.7 Å². The SMILES string of the molecule is CCCCC(C)(c1ccccc1)c1ccc(OCCOC(C)(CC)C(=O)CCCCOC(C)C)cc1. The highest BCUT2D eigenvalue weighted by Gasteiger charge is 2.31. The molecular weight excluding hydrogens is 448 g/mol. The van der Waals surface area contributed by atoms with E-state index in [1.54, 1.807) is 0 Å². The summed E-state index contributed by atoms with van der Waals surface area (Å²) in [6, 6.07) is 19.2. The molecule has 2 rings (SSSR count). The molecule has 2 unspecified atom stereocenters. The Morgan fingerprint density at radius 3 is 2.11 bits per heavy atom. The van der Waals surface area contributed by atoms with Crippen LogP contribution in [0.1, 0.15) is 97.6 Å². The van der Waals surface area contributed by atoms with Crippen LogP contribution in [0.4, 0.5) is 0 Å². The van der Waals surface area contributed by atoms with Crippen molar-refractivity contribution in [3.8, 4) is 5.75 Å². The third-order valence-electron chi connectivity index (χ3n) is 7.22. The van der Waals surface area contributed by atoms with Crippen LogP contribution in [-0.4, -0.2) is 37.3 Å². The molecule has 0 saturated heterocycles. The summed E-state index contributed by atoms with van der Waals surface area (Å²) in [5.41, 5.74) is 1.86. The molecule has 0 bridgehead atoms. The Morgan fingerprint density at radius 2 is 1.50 bits per heavy atom. The molecule has 2 aromatic rings. The van der Waals surface area contributed by atoms with Crippen molar-refractivity contribution in [3.63, 3.8) is 0 Å². The molecule has 0 aliphatic carbocycles. The molecule has 0 saturated carbocycles. The van der Waals surface area contributed by atoms with Crippen molar-refractivity contribution in [2.75, 3.05) is 19.8 Å². The number of ether oxygens (including phenoxy) is 3. The van der Waals surface area contributed by atoms with Gasteiger partial charge < -0.3 is 14.2 Å². The van der Waals surface area contributed by atoms with Crippen molar-refractivity contribution < 1.29 is 19.0 Å². The van der Waals surface area contributed by atoms with Gasteiger partial charge in [0.05, 0.1) is 12.7 Å². The maximum Gasteiger partial charge on any atom is 0.164 e. The highest BCUT2D eigenvalue weighted by atomic mass is 16.5. The summed E-state index contributed by atoms with van der Waals surface area (Å²) in [6.07, 6.45) is 6.59. The molecule has 0 fully saturated rings. The van der Waals surface area contributed by atoms with E-state index in [1.165, 1.54) is 24.0 Å². The Morgan fingerprint density at radius 1 is 0.833 bits per heavy atom. The van der Waals surface area contributed by atoms with Crippen LogP contribution < -0.4 is 4.74 Å². The minimum atomic E-state index is -0.761. The number of ketones is 1. The van der Waals surface area contributed by atoms with E-state index in [4.69, 9.17) is 14.2 Å². The predicted molar refractivity (Wildman–Crippen MR) is 149 cm³/mol. The van der Waals surface area contributed by atoms with Crippen LogP contribution in [0.15, 0.2) is 54.6 Å². The van der Waals surface area contributed by atoms with Gasteiger partial charge in [0, 0.05) is 18.4 Å². The number of carbonyl (C=O) groups excluding carboxylic acids is 1. The number of unbranched alkanes of at least 4 members (excludes halogenated alkanes) is 2. The number of rotatable bonds is 18. The molecule has 36 heavy (non-hydrogen) atoms. The lowest BCUT2D eigenvalue weighted by Gasteiger charge is -2.31. The molecule has 0 aromatic heterocycles. The summed E-state index contributed by atoms with van der Waals surface area (Å²) in [7, 11) is 0. The summed E-state index contributed by atoms with van der Waals surface area (Å²) < 4.78 is 17.6. The molecule has 0 N–H and O–H groups in total. The Hall–Kier alpha value is -2.17. The van der Waals surface area contributed by atoms with Gasteiger partial charge in [-0.1, -0.05) is 76.1 Å². The Kier molecular flexibility index (Phi) is 12.7. The number of hydrogen-bond donors (Lipinski definition) is 0. The third kappa shape index (κ3) is 9.05. The van der Waals surface area contributed by atoms with Crippen molar-refractivity contribution in [1.82, 2.24) is 0 Å². The van der Waals surface area contributed by atoms with Crippen LogP contribution in [0.25, 0.3) is 0 Å². The van der Waals surface area contributed by atoms with Crippen LogP contribution >= 0.6 is 0 Å². The molecule has 0 aliphatic rings. The van der Waals surface area contributed by atoms with Gasteiger partial charge in [-0.2, -0.15) is 0 Å². The summed E-state index contributed by atoms with van der Waals surface area (Å²) in [6.45, 7) is 14.0. The first-order valence-corrected chi connectivity index (χ1v) is 13.8. The van der Waals surface area contributed by atoms with Crippen molar-refractivity contribution in [2.24, 2.45) is 0 Å². The van der Waals surface area contributed by atoms with Gasteiger partial charge in [-0.3, -0.25) is 4.79 Å². The molecule has 4 nitrogen and oxygen atoms in total. The quantitative estimate of drug-likeness (QED) is 0.197. The topological polar surface area (TPSA) is 44.8 Å². The normalized spacial score (nSPS) is 14.9. The van der Waals surface area contributed by atoms with Crippen LogP contribution in [0.3, 0.4) is 0 Å². The molecular formula is C32H48O4. The lowest BCUT2D eigenvalue weighted by molar-refractivity contribution is -0.144. The maximum absolute atomic E-state index is 12.8. The first kappa shape index (κ1) is 30.1. The monoisotopic (exact) mass is 496 g/mol. The molecule has 0 aliphatic heterocycles. The molecule has 2 atom stereocenters. The summed E-state index contributed by atoms with van der Waals surface area (Å²) in [5.74, 6) is 0.981. The lowest BCUT2D eigenvalue weighted by Crippen LogP contribution is -2.39. The smallest absolute Gasteiger partial charge is 0.164 e. The second kappa shape index (κ2) is 15.2. The molecule has 0 heterocycles. The molecule has 0 amide bonds. The van der Waals surface area contributed by atoms with E-state index in [0.717, 1.165) is 25.0 Å². The lowest BCUT2D eigenvalue weighted by atomic mass is 9.73.